The number of carboxylic acid groups (broad SMARTS) is 1. The van der Waals surface area contributed by atoms with Gasteiger partial charge in [-0.05, 0) is 0 Å². The zero-order valence-electron chi connectivity index (χ0n) is 6.34. The molecule has 0 fully saturated rings. The first kappa shape index (κ1) is 9.81. The van der Waals surface area contributed by atoms with Crippen molar-refractivity contribution in [1.29, 1.82) is 0 Å². The maximum absolute atomic E-state index is 10.4. The number of carbonyl (C=O) groups is 1. The standard InChI is InChI=1S/C5H6N2O5S/c8-4(9)2-1-3-6-7-5(12-3)13(10)11/h1-2H2,(H,8,9)(H,10,11). The van der Waals surface area contributed by atoms with Crippen LogP contribution in [0, 0.1) is 0 Å². The van der Waals surface area contributed by atoms with E-state index in [2.05, 4.69) is 14.6 Å². The number of nitrogens with zero attached hydrogens (tertiary/aromatic N) is 2. The van der Waals surface area contributed by atoms with E-state index >= 15 is 0 Å². The van der Waals surface area contributed by atoms with Gasteiger partial charge in [0.25, 0.3) is 0 Å². The Morgan fingerprint density at radius 3 is 2.69 bits per heavy atom. The summed E-state index contributed by atoms with van der Waals surface area (Å²) in [5.41, 5.74) is 0. The number of rotatable bonds is 4. The third-order valence-electron chi connectivity index (χ3n) is 1.15. The van der Waals surface area contributed by atoms with Crippen LogP contribution in [0.1, 0.15) is 12.3 Å². The van der Waals surface area contributed by atoms with Gasteiger partial charge in [-0.3, -0.25) is 9.35 Å². The topological polar surface area (TPSA) is 114 Å². The largest absolute Gasteiger partial charge is 0.481 e. The Kier molecular flexibility index (Phi) is 3.09. The van der Waals surface area contributed by atoms with Gasteiger partial charge < -0.3 is 9.52 Å². The Hall–Kier alpha value is -1.28. The molecule has 2 N–H and O–H groups in total. The molecular weight excluding hydrogens is 200 g/mol. The van der Waals surface area contributed by atoms with Crippen molar-refractivity contribution < 1.29 is 23.1 Å². The SMILES string of the molecule is O=C(O)CCc1nnc(S(=O)O)o1. The van der Waals surface area contributed by atoms with Crippen LogP contribution in [-0.2, 0) is 22.3 Å². The lowest BCUT2D eigenvalue weighted by molar-refractivity contribution is -0.137. The normalized spacial score (nSPS) is 12.7. The van der Waals surface area contributed by atoms with Crippen LogP contribution in [0.15, 0.2) is 9.64 Å². The fraction of sp³-hybridized carbons (Fsp3) is 0.400. The van der Waals surface area contributed by atoms with Crippen LogP contribution in [0.5, 0.6) is 0 Å². The molecule has 13 heavy (non-hydrogen) atoms. The summed E-state index contributed by atoms with van der Waals surface area (Å²) >= 11 is -2.31. The molecule has 0 aromatic carbocycles. The van der Waals surface area contributed by atoms with Crippen LogP contribution in [0.3, 0.4) is 0 Å². The highest BCUT2D eigenvalue weighted by atomic mass is 32.2. The predicted molar refractivity (Wildman–Crippen MR) is 39.3 cm³/mol. The smallest absolute Gasteiger partial charge is 0.335 e. The van der Waals surface area contributed by atoms with E-state index in [1.54, 1.807) is 0 Å². The van der Waals surface area contributed by atoms with Crippen molar-refractivity contribution in [3.8, 4) is 0 Å². The molecular formula is C5H6N2O5S. The van der Waals surface area contributed by atoms with Gasteiger partial charge in [0.1, 0.15) is 0 Å². The van der Waals surface area contributed by atoms with Crippen molar-refractivity contribution in [2.75, 3.05) is 0 Å². The van der Waals surface area contributed by atoms with Gasteiger partial charge in [0.15, 0.2) is 0 Å². The van der Waals surface area contributed by atoms with E-state index in [0.717, 1.165) is 0 Å². The molecule has 0 aliphatic carbocycles. The highest BCUT2D eigenvalue weighted by Crippen LogP contribution is 2.05. The average molecular weight is 206 g/mol. The Labute approximate surface area is 75.1 Å². The molecule has 0 saturated carbocycles. The number of aromatic nitrogens is 2. The molecule has 0 radical (unpaired) electrons. The molecule has 72 valence electrons. The minimum atomic E-state index is -2.31. The van der Waals surface area contributed by atoms with Crippen LogP contribution in [0.2, 0.25) is 0 Å². The average Bonchev–Trinajstić information content (AvgIpc) is 2.48. The summed E-state index contributed by atoms with van der Waals surface area (Å²) in [4.78, 5) is 10.1. The molecule has 0 spiro atoms. The number of carboxylic acids is 1. The summed E-state index contributed by atoms with van der Waals surface area (Å²) in [6, 6.07) is 0. The Morgan fingerprint density at radius 1 is 1.54 bits per heavy atom. The maximum atomic E-state index is 10.4. The van der Waals surface area contributed by atoms with E-state index in [1.807, 2.05) is 0 Å². The minimum absolute atomic E-state index is 0.0415. The van der Waals surface area contributed by atoms with Crippen LogP contribution < -0.4 is 0 Å². The molecule has 0 amide bonds. The molecule has 0 saturated heterocycles. The fourth-order valence-electron chi connectivity index (χ4n) is 0.624. The lowest BCUT2D eigenvalue weighted by Gasteiger charge is -1.87. The van der Waals surface area contributed by atoms with E-state index in [0.29, 0.717) is 0 Å². The van der Waals surface area contributed by atoms with Gasteiger partial charge in [-0.1, -0.05) is 5.10 Å². The quantitative estimate of drug-likeness (QED) is 0.648. The van der Waals surface area contributed by atoms with Gasteiger partial charge in [-0.15, -0.1) is 5.10 Å². The zero-order chi connectivity index (χ0) is 9.84. The molecule has 1 atom stereocenters. The second-order valence-corrected chi connectivity index (χ2v) is 2.95. The monoisotopic (exact) mass is 206 g/mol. The lowest BCUT2D eigenvalue weighted by atomic mass is 10.3. The van der Waals surface area contributed by atoms with E-state index in [-0.39, 0.29) is 18.7 Å². The number of aryl methyl sites for hydroxylation is 1. The summed E-state index contributed by atoms with van der Waals surface area (Å²) in [5, 5.41) is 14.5. The molecule has 8 heteroatoms. The van der Waals surface area contributed by atoms with Crippen molar-refractivity contribution in [2.24, 2.45) is 0 Å². The van der Waals surface area contributed by atoms with Gasteiger partial charge in [-0.2, -0.15) is 0 Å². The first-order valence-corrected chi connectivity index (χ1v) is 4.35. The van der Waals surface area contributed by atoms with Gasteiger partial charge in [0.05, 0.1) is 6.42 Å². The Morgan fingerprint density at radius 2 is 2.23 bits per heavy atom. The van der Waals surface area contributed by atoms with Gasteiger partial charge in [-0.25, -0.2) is 4.21 Å². The molecule has 0 aliphatic rings. The molecule has 0 bridgehead atoms. The third kappa shape index (κ3) is 2.92. The van der Waals surface area contributed by atoms with Crippen LogP contribution in [0.25, 0.3) is 0 Å². The maximum Gasteiger partial charge on any atom is 0.335 e. The number of hydrogen-bond acceptors (Lipinski definition) is 5. The van der Waals surface area contributed by atoms with E-state index in [1.165, 1.54) is 0 Å². The van der Waals surface area contributed by atoms with Crippen molar-refractivity contribution in [3.05, 3.63) is 5.89 Å². The van der Waals surface area contributed by atoms with Gasteiger partial charge in [0.2, 0.25) is 17.0 Å². The Balaban J connectivity index is 2.59. The van der Waals surface area contributed by atoms with Crippen molar-refractivity contribution in [2.45, 2.75) is 18.1 Å². The van der Waals surface area contributed by atoms with Crippen molar-refractivity contribution in [3.63, 3.8) is 0 Å². The van der Waals surface area contributed by atoms with E-state index in [9.17, 15) is 9.00 Å². The molecule has 1 rings (SSSR count). The van der Waals surface area contributed by atoms with Crippen LogP contribution in [-0.4, -0.2) is 30.0 Å². The molecule has 1 aromatic rings. The van der Waals surface area contributed by atoms with Gasteiger partial charge in [0, 0.05) is 6.42 Å². The summed E-state index contributed by atoms with van der Waals surface area (Å²) in [6.07, 6.45) is -0.0980. The highest BCUT2D eigenvalue weighted by Gasteiger charge is 2.11. The van der Waals surface area contributed by atoms with E-state index in [4.69, 9.17) is 9.66 Å². The molecule has 1 aromatic heterocycles. The third-order valence-corrected chi connectivity index (χ3v) is 1.61. The van der Waals surface area contributed by atoms with Crippen LogP contribution >= 0.6 is 0 Å². The molecule has 1 unspecified atom stereocenters. The summed E-state index contributed by atoms with van der Waals surface area (Å²) < 4.78 is 23.5. The zero-order valence-corrected chi connectivity index (χ0v) is 7.15. The summed E-state index contributed by atoms with van der Waals surface area (Å²) in [7, 11) is 0. The highest BCUT2D eigenvalue weighted by molar-refractivity contribution is 7.78. The van der Waals surface area contributed by atoms with Crippen molar-refractivity contribution >= 4 is 17.0 Å². The predicted octanol–water partition coefficient (Wildman–Crippen LogP) is -0.333. The molecule has 7 nitrogen and oxygen atoms in total. The molecule has 0 aliphatic heterocycles. The first-order chi connectivity index (χ1) is 6.09. The Bertz CT molecular complexity index is 335. The number of hydrogen-bond donors (Lipinski definition) is 2. The van der Waals surface area contributed by atoms with Gasteiger partial charge >= 0.3 is 11.2 Å². The summed E-state index contributed by atoms with van der Waals surface area (Å²) in [6.45, 7) is 0. The minimum Gasteiger partial charge on any atom is -0.481 e. The first-order valence-electron chi connectivity index (χ1n) is 3.24. The van der Waals surface area contributed by atoms with E-state index < -0.39 is 22.3 Å². The molecule has 1 heterocycles. The second-order valence-electron chi connectivity index (χ2n) is 2.10. The fourth-order valence-corrected chi connectivity index (χ4v) is 0.902. The summed E-state index contributed by atoms with van der Waals surface area (Å²) in [5.74, 6) is -0.954. The second kappa shape index (κ2) is 4.10. The lowest BCUT2D eigenvalue weighted by Crippen LogP contribution is -1.97. The van der Waals surface area contributed by atoms with Crippen molar-refractivity contribution in [1.82, 2.24) is 10.2 Å². The van der Waals surface area contributed by atoms with Crippen LogP contribution in [0.4, 0.5) is 0 Å². The number of aliphatic carboxylic acids is 1.